The minimum Gasteiger partial charge on any atom is -0.501 e. The molecule has 0 spiro atoms. The molecule has 0 saturated carbocycles. The molecule has 0 radical (unpaired) electrons. The molecule has 0 aromatic carbocycles. The van der Waals surface area contributed by atoms with Gasteiger partial charge in [-0.05, 0) is 49.7 Å². The Morgan fingerprint density at radius 1 is 1.31 bits per heavy atom. The van der Waals surface area contributed by atoms with Gasteiger partial charge in [0.2, 0.25) is 11.9 Å². The third-order valence-electron chi connectivity index (χ3n) is 5.45. The maximum Gasteiger partial charge on any atom is 0.264 e. The van der Waals surface area contributed by atoms with Crippen molar-refractivity contribution in [1.82, 2.24) is 15.3 Å². The zero-order chi connectivity index (χ0) is 25.7. The lowest BCUT2D eigenvalue weighted by atomic mass is 9.92. The van der Waals surface area contributed by atoms with E-state index in [4.69, 9.17) is 20.9 Å². The molecule has 0 atom stereocenters. The van der Waals surface area contributed by atoms with Crippen LogP contribution < -0.4 is 10.2 Å². The number of hydrogen-bond acceptors (Lipinski definition) is 7. The van der Waals surface area contributed by atoms with Crippen molar-refractivity contribution in [3.63, 3.8) is 0 Å². The number of amides is 1. The Balaban J connectivity index is 1.61. The SMILES string of the molecule is C=C(F)/C(=C\C=C\OCCCC1CCN(c2ncc(Cl)cn2)CC1)CC(=O)NCCCS(=O)(=O)O. The summed E-state index contributed by atoms with van der Waals surface area (Å²) < 4.78 is 49.0. The quantitative estimate of drug-likeness (QED) is 0.161. The predicted molar refractivity (Wildman–Crippen MR) is 133 cm³/mol. The maximum absolute atomic E-state index is 13.6. The van der Waals surface area contributed by atoms with Crippen molar-refractivity contribution in [3.8, 4) is 0 Å². The molecule has 1 aromatic rings. The number of rotatable bonds is 14. The number of allylic oxidation sites excluding steroid dienone is 3. The Kier molecular flexibility index (Phi) is 12.1. The van der Waals surface area contributed by atoms with Gasteiger partial charge in [-0.2, -0.15) is 8.42 Å². The Labute approximate surface area is 210 Å². The van der Waals surface area contributed by atoms with Gasteiger partial charge in [0.15, 0.2) is 0 Å². The smallest absolute Gasteiger partial charge is 0.264 e. The van der Waals surface area contributed by atoms with Gasteiger partial charge < -0.3 is 15.0 Å². The molecule has 1 fully saturated rings. The lowest BCUT2D eigenvalue weighted by Crippen LogP contribution is -2.34. The second-order valence-electron chi connectivity index (χ2n) is 8.24. The number of aromatic nitrogens is 2. The first-order valence-electron chi connectivity index (χ1n) is 11.4. The summed E-state index contributed by atoms with van der Waals surface area (Å²) in [5.74, 6) is -0.349. The lowest BCUT2D eigenvalue weighted by molar-refractivity contribution is -0.120. The number of ether oxygens (including phenoxy) is 1. The fourth-order valence-electron chi connectivity index (χ4n) is 3.59. The molecule has 1 saturated heterocycles. The molecule has 0 unspecified atom stereocenters. The summed E-state index contributed by atoms with van der Waals surface area (Å²) in [4.78, 5) is 22.6. The van der Waals surface area contributed by atoms with Gasteiger partial charge in [-0.15, -0.1) is 0 Å². The average Bonchev–Trinajstić information content (AvgIpc) is 2.80. The average molecular weight is 531 g/mol. The molecular weight excluding hydrogens is 499 g/mol. The van der Waals surface area contributed by atoms with E-state index in [1.165, 1.54) is 18.4 Å². The molecule has 35 heavy (non-hydrogen) atoms. The highest BCUT2D eigenvalue weighted by Crippen LogP contribution is 2.24. The molecule has 0 aliphatic carbocycles. The largest absolute Gasteiger partial charge is 0.501 e. The maximum atomic E-state index is 13.6. The molecule has 2 heterocycles. The number of halogens is 2. The Morgan fingerprint density at radius 3 is 2.63 bits per heavy atom. The van der Waals surface area contributed by atoms with Crippen LogP contribution in [0.5, 0.6) is 0 Å². The molecule has 2 rings (SSSR count). The summed E-state index contributed by atoms with van der Waals surface area (Å²) in [6.45, 7) is 5.62. The molecule has 1 aromatic heterocycles. The van der Waals surface area contributed by atoms with Crippen LogP contribution in [0, 0.1) is 5.92 Å². The third kappa shape index (κ3) is 12.1. The molecule has 1 aliphatic heterocycles. The van der Waals surface area contributed by atoms with E-state index in [-0.39, 0.29) is 25.0 Å². The van der Waals surface area contributed by atoms with Gasteiger partial charge in [0.1, 0.15) is 5.83 Å². The molecule has 12 heteroatoms. The number of anilines is 1. The zero-order valence-corrected chi connectivity index (χ0v) is 21.1. The monoisotopic (exact) mass is 530 g/mol. The first-order valence-corrected chi connectivity index (χ1v) is 13.4. The fourth-order valence-corrected chi connectivity index (χ4v) is 4.19. The van der Waals surface area contributed by atoms with Crippen LogP contribution in [0.4, 0.5) is 10.3 Å². The van der Waals surface area contributed by atoms with E-state index in [9.17, 15) is 17.6 Å². The standard InChI is InChI=1S/C23H32ClFN4O5S/c1-18(25)20(15-22(30)26-9-4-14-35(31,32)33)6-3-13-34-12-2-5-19-7-10-29(11-8-19)23-27-16-21(24)17-28-23/h3,6,13,16-17,19H,1-2,4-5,7-12,14-15H2,(H,26,30)(H,31,32,33)/b13-3+,20-6-. The van der Waals surface area contributed by atoms with E-state index in [2.05, 4.69) is 26.8 Å². The molecule has 194 valence electrons. The summed E-state index contributed by atoms with van der Waals surface area (Å²) in [5.41, 5.74) is 0.0913. The molecule has 9 nitrogen and oxygen atoms in total. The second kappa shape index (κ2) is 14.8. The van der Waals surface area contributed by atoms with Crippen molar-refractivity contribution in [2.45, 2.75) is 38.5 Å². The minimum absolute atomic E-state index is 0.0531. The first-order chi connectivity index (χ1) is 16.6. The van der Waals surface area contributed by atoms with Crippen molar-refractivity contribution in [2.24, 2.45) is 5.92 Å². The molecule has 0 bridgehead atoms. The molecule has 1 aliphatic rings. The summed E-state index contributed by atoms with van der Waals surface area (Å²) in [5, 5.41) is 2.99. The van der Waals surface area contributed by atoms with E-state index >= 15 is 0 Å². The second-order valence-corrected chi connectivity index (χ2v) is 10.2. The lowest BCUT2D eigenvalue weighted by Gasteiger charge is -2.31. The van der Waals surface area contributed by atoms with Gasteiger partial charge in [0, 0.05) is 19.6 Å². The van der Waals surface area contributed by atoms with Crippen molar-refractivity contribution >= 4 is 33.6 Å². The van der Waals surface area contributed by atoms with Gasteiger partial charge in [-0.3, -0.25) is 9.35 Å². The van der Waals surface area contributed by atoms with Gasteiger partial charge in [-0.25, -0.2) is 14.4 Å². The number of carbonyl (C=O) groups is 1. The van der Waals surface area contributed by atoms with Crippen LogP contribution in [0.15, 0.2) is 48.8 Å². The van der Waals surface area contributed by atoms with Crippen LogP contribution in [0.2, 0.25) is 5.02 Å². The number of nitrogens with zero attached hydrogens (tertiary/aromatic N) is 3. The van der Waals surface area contributed by atoms with Gasteiger partial charge in [0.05, 0.1) is 42.5 Å². The highest BCUT2D eigenvalue weighted by Gasteiger charge is 2.20. The van der Waals surface area contributed by atoms with E-state index in [0.717, 1.165) is 38.8 Å². The predicted octanol–water partition coefficient (Wildman–Crippen LogP) is 3.85. The summed E-state index contributed by atoms with van der Waals surface area (Å²) in [6, 6.07) is 0. The highest BCUT2D eigenvalue weighted by atomic mass is 35.5. The van der Waals surface area contributed by atoms with E-state index in [1.807, 2.05) is 0 Å². The van der Waals surface area contributed by atoms with Crippen molar-refractivity contribution in [3.05, 3.63) is 53.8 Å². The van der Waals surface area contributed by atoms with E-state index < -0.39 is 27.6 Å². The van der Waals surface area contributed by atoms with Crippen LogP contribution in [0.25, 0.3) is 0 Å². The Morgan fingerprint density at radius 2 is 2.00 bits per heavy atom. The topological polar surface area (TPSA) is 122 Å². The number of piperidine rings is 1. The van der Waals surface area contributed by atoms with Crippen LogP contribution in [0.3, 0.4) is 0 Å². The van der Waals surface area contributed by atoms with Crippen molar-refractivity contribution in [2.75, 3.05) is 36.9 Å². The van der Waals surface area contributed by atoms with Gasteiger partial charge in [0.25, 0.3) is 10.1 Å². The fraction of sp³-hybridized carbons (Fsp3) is 0.522. The van der Waals surface area contributed by atoms with Crippen LogP contribution in [-0.2, 0) is 19.6 Å². The third-order valence-corrected chi connectivity index (χ3v) is 6.45. The van der Waals surface area contributed by atoms with Crippen molar-refractivity contribution < 1.29 is 26.9 Å². The van der Waals surface area contributed by atoms with Crippen LogP contribution >= 0.6 is 11.6 Å². The van der Waals surface area contributed by atoms with Crippen molar-refractivity contribution in [1.29, 1.82) is 0 Å². The van der Waals surface area contributed by atoms with Gasteiger partial charge in [-0.1, -0.05) is 24.3 Å². The Hall–Kier alpha value is -2.50. The molecular formula is C23H32ClFN4O5S. The summed E-state index contributed by atoms with van der Waals surface area (Å²) in [7, 11) is -4.07. The normalized spacial score (nSPS) is 15.4. The number of hydrogen-bond donors (Lipinski definition) is 2. The van der Waals surface area contributed by atoms with Gasteiger partial charge >= 0.3 is 0 Å². The number of carbonyl (C=O) groups excluding carboxylic acids is 1. The molecule has 2 N–H and O–H groups in total. The summed E-state index contributed by atoms with van der Waals surface area (Å²) in [6.07, 6.45) is 11.5. The zero-order valence-electron chi connectivity index (χ0n) is 19.5. The molecule has 1 amide bonds. The first kappa shape index (κ1) is 28.7. The minimum atomic E-state index is -4.07. The van der Waals surface area contributed by atoms with Crippen LogP contribution in [-0.4, -0.2) is 60.8 Å². The van der Waals surface area contributed by atoms with Crippen LogP contribution in [0.1, 0.15) is 38.5 Å². The summed E-state index contributed by atoms with van der Waals surface area (Å²) >= 11 is 5.84. The van der Waals surface area contributed by atoms with E-state index in [0.29, 0.717) is 23.5 Å². The number of nitrogens with one attached hydrogen (secondary N) is 1. The highest BCUT2D eigenvalue weighted by molar-refractivity contribution is 7.85. The Bertz CT molecular complexity index is 994. The van der Waals surface area contributed by atoms with E-state index in [1.54, 1.807) is 12.4 Å².